The number of ketones is 1. The number of carbonyl (C=O) groups excluding carboxylic acids is 1. The van der Waals surface area contributed by atoms with Crippen molar-refractivity contribution in [2.24, 2.45) is 5.92 Å². The van der Waals surface area contributed by atoms with Gasteiger partial charge in [0.2, 0.25) is 10.0 Å². The topological polar surface area (TPSA) is 63.2 Å². The first kappa shape index (κ1) is 15.7. The van der Waals surface area contributed by atoms with Crippen LogP contribution in [0.1, 0.15) is 34.3 Å². The number of benzene rings is 2. The van der Waals surface area contributed by atoms with Crippen LogP contribution in [0.3, 0.4) is 0 Å². The fraction of sp³-hybridized carbons (Fsp3) is 0.278. The van der Waals surface area contributed by atoms with Gasteiger partial charge in [-0.2, -0.15) is 0 Å². The zero-order valence-corrected chi connectivity index (χ0v) is 13.8. The zero-order valence-electron chi connectivity index (χ0n) is 13.0. The maximum absolute atomic E-state index is 12.3. The average molecular weight is 329 g/mol. The summed E-state index contributed by atoms with van der Waals surface area (Å²) in [4.78, 5) is 11.9. The highest BCUT2D eigenvalue weighted by atomic mass is 32.2. The summed E-state index contributed by atoms with van der Waals surface area (Å²) < 4.78 is 27.1. The summed E-state index contributed by atoms with van der Waals surface area (Å²) in [7, 11) is -3.48. The van der Waals surface area contributed by atoms with Crippen LogP contribution < -0.4 is 4.72 Å². The number of Topliss-reactive ketones (excluding diaryl/α,β-unsaturated/α-hetero) is 1. The molecule has 3 rings (SSSR count). The predicted molar refractivity (Wildman–Crippen MR) is 90.9 cm³/mol. The van der Waals surface area contributed by atoms with Crippen molar-refractivity contribution < 1.29 is 13.2 Å². The molecule has 2 aromatic rings. The van der Waals surface area contributed by atoms with E-state index in [1.807, 2.05) is 31.2 Å². The first-order chi connectivity index (χ1) is 10.9. The lowest BCUT2D eigenvalue weighted by Gasteiger charge is -2.10. The number of hydrogen-bond donors (Lipinski definition) is 1. The Morgan fingerprint density at radius 1 is 1.09 bits per heavy atom. The van der Waals surface area contributed by atoms with Crippen molar-refractivity contribution in [1.82, 2.24) is 0 Å². The van der Waals surface area contributed by atoms with Gasteiger partial charge in [-0.1, -0.05) is 24.3 Å². The van der Waals surface area contributed by atoms with Crippen LogP contribution in [0.5, 0.6) is 0 Å². The summed E-state index contributed by atoms with van der Waals surface area (Å²) in [6.07, 6.45) is 1.92. The van der Waals surface area contributed by atoms with E-state index < -0.39 is 10.0 Å². The highest BCUT2D eigenvalue weighted by molar-refractivity contribution is 7.91. The normalized spacial score (nSPS) is 14.5. The first-order valence-electron chi connectivity index (χ1n) is 7.64. The molecular formula is C18H19NO3S. The van der Waals surface area contributed by atoms with Crippen LogP contribution in [-0.4, -0.2) is 14.2 Å². The Hall–Kier alpha value is -2.14. The van der Waals surface area contributed by atoms with Crippen molar-refractivity contribution in [3.05, 3.63) is 65.2 Å². The fourth-order valence-corrected chi connectivity index (χ4v) is 3.78. The summed E-state index contributed by atoms with van der Waals surface area (Å²) in [6.45, 7) is 1.89. The van der Waals surface area contributed by atoms with Gasteiger partial charge < -0.3 is 0 Å². The molecule has 0 saturated heterocycles. The molecule has 0 amide bonds. The van der Waals surface area contributed by atoms with Crippen molar-refractivity contribution in [1.29, 1.82) is 0 Å². The molecule has 0 bridgehead atoms. The van der Waals surface area contributed by atoms with Crippen molar-refractivity contribution in [3.8, 4) is 0 Å². The van der Waals surface area contributed by atoms with Gasteiger partial charge >= 0.3 is 0 Å². The zero-order chi connectivity index (χ0) is 16.4. The second-order valence-electron chi connectivity index (χ2n) is 6.00. The number of nitrogens with one attached hydrogen (secondary N) is 1. The number of anilines is 1. The Labute approximate surface area is 136 Å². The van der Waals surface area contributed by atoms with E-state index in [1.54, 1.807) is 24.3 Å². The summed E-state index contributed by atoms with van der Waals surface area (Å²) in [5.74, 6) is 0.250. The molecule has 1 saturated carbocycles. The lowest BCUT2D eigenvalue weighted by molar-refractivity contribution is 0.0967. The van der Waals surface area contributed by atoms with Crippen molar-refractivity contribution in [3.63, 3.8) is 0 Å². The van der Waals surface area contributed by atoms with Crippen LogP contribution >= 0.6 is 0 Å². The third-order valence-corrected chi connectivity index (χ3v) is 5.24. The minimum absolute atomic E-state index is 0.0670. The summed E-state index contributed by atoms with van der Waals surface area (Å²) in [5, 5.41) is 0. The van der Waals surface area contributed by atoms with E-state index in [1.165, 1.54) is 0 Å². The molecule has 23 heavy (non-hydrogen) atoms. The Balaban J connectivity index is 1.70. The van der Waals surface area contributed by atoms with Gasteiger partial charge in [-0.3, -0.25) is 9.52 Å². The average Bonchev–Trinajstić information content (AvgIpc) is 3.34. The van der Waals surface area contributed by atoms with E-state index in [2.05, 4.69) is 4.72 Å². The van der Waals surface area contributed by atoms with Gasteiger partial charge in [0.05, 0.1) is 5.75 Å². The van der Waals surface area contributed by atoms with Gasteiger partial charge in [0.15, 0.2) is 5.78 Å². The molecule has 0 unspecified atom stereocenters. The van der Waals surface area contributed by atoms with E-state index in [0.717, 1.165) is 24.0 Å². The summed E-state index contributed by atoms with van der Waals surface area (Å²) >= 11 is 0. The van der Waals surface area contributed by atoms with Gasteiger partial charge in [0, 0.05) is 17.2 Å². The van der Waals surface area contributed by atoms with E-state index >= 15 is 0 Å². The Morgan fingerprint density at radius 2 is 1.74 bits per heavy atom. The van der Waals surface area contributed by atoms with E-state index in [0.29, 0.717) is 11.3 Å². The first-order valence-corrected chi connectivity index (χ1v) is 9.29. The lowest BCUT2D eigenvalue weighted by atomic mass is 10.1. The molecule has 0 spiro atoms. The van der Waals surface area contributed by atoms with E-state index in [-0.39, 0.29) is 17.5 Å². The minimum atomic E-state index is -3.48. The third kappa shape index (κ3) is 3.99. The quantitative estimate of drug-likeness (QED) is 0.825. The van der Waals surface area contributed by atoms with Gasteiger partial charge in [-0.25, -0.2) is 8.42 Å². The smallest absolute Gasteiger partial charge is 0.236 e. The van der Waals surface area contributed by atoms with Gasteiger partial charge in [0.1, 0.15) is 0 Å². The van der Waals surface area contributed by atoms with Gasteiger partial charge in [-0.05, 0) is 55.2 Å². The Bertz CT molecular complexity index is 822. The number of sulfonamides is 1. The van der Waals surface area contributed by atoms with Gasteiger partial charge in [-0.15, -0.1) is 0 Å². The number of carbonyl (C=O) groups is 1. The van der Waals surface area contributed by atoms with Crippen molar-refractivity contribution in [2.75, 3.05) is 4.72 Å². The molecule has 2 aromatic carbocycles. The third-order valence-electron chi connectivity index (χ3n) is 4.00. The highest BCUT2D eigenvalue weighted by Crippen LogP contribution is 2.32. The summed E-state index contributed by atoms with van der Waals surface area (Å²) in [6, 6.07) is 14.1. The second-order valence-corrected chi connectivity index (χ2v) is 7.73. The van der Waals surface area contributed by atoms with Crippen LogP contribution in [0.15, 0.2) is 48.5 Å². The molecule has 1 N–H and O–H groups in total. The van der Waals surface area contributed by atoms with Crippen molar-refractivity contribution >= 4 is 21.5 Å². The molecular weight excluding hydrogens is 310 g/mol. The second kappa shape index (κ2) is 6.16. The molecule has 0 aliphatic heterocycles. The minimum Gasteiger partial charge on any atom is -0.294 e. The molecule has 1 fully saturated rings. The number of aryl methyl sites for hydroxylation is 1. The fourth-order valence-electron chi connectivity index (χ4n) is 2.48. The lowest BCUT2D eigenvalue weighted by Crippen LogP contribution is -2.15. The van der Waals surface area contributed by atoms with Gasteiger partial charge in [0.25, 0.3) is 0 Å². The molecule has 4 nitrogen and oxygen atoms in total. The van der Waals surface area contributed by atoms with Crippen molar-refractivity contribution in [2.45, 2.75) is 25.5 Å². The molecule has 5 heteroatoms. The van der Waals surface area contributed by atoms with Crippen LogP contribution in [0, 0.1) is 12.8 Å². The molecule has 1 aliphatic rings. The number of hydrogen-bond acceptors (Lipinski definition) is 3. The molecule has 0 atom stereocenters. The Morgan fingerprint density at radius 3 is 2.35 bits per heavy atom. The molecule has 0 aromatic heterocycles. The molecule has 1 aliphatic carbocycles. The number of rotatable bonds is 6. The van der Waals surface area contributed by atoms with E-state index in [4.69, 9.17) is 0 Å². The van der Waals surface area contributed by atoms with E-state index in [9.17, 15) is 13.2 Å². The van der Waals surface area contributed by atoms with Crippen LogP contribution in [-0.2, 0) is 15.8 Å². The SMILES string of the molecule is Cc1ccccc1CS(=O)(=O)Nc1ccc(C(=O)C2CC2)cc1. The standard InChI is InChI=1S/C18H19NO3S/c1-13-4-2-3-5-16(13)12-23(21,22)19-17-10-8-15(9-11-17)18(20)14-6-7-14/h2-5,8-11,14,19H,6-7,12H2,1H3. The largest absolute Gasteiger partial charge is 0.294 e. The molecule has 0 radical (unpaired) electrons. The monoisotopic (exact) mass is 329 g/mol. The maximum Gasteiger partial charge on any atom is 0.236 e. The molecule has 120 valence electrons. The Kier molecular flexibility index (Phi) is 4.22. The maximum atomic E-state index is 12.3. The molecule has 0 heterocycles. The van der Waals surface area contributed by atoms with Crippen LogP contribution in [0.25, 0.3) is 0 Å². The highest BCUT2D eigenvalue weighted by Gasteiger charge is 2.30. The van der Waals surface area contributed by atoms with Crippen LogP contribution in [0.2, 0.25) is 0 Å². The van der Waals surface area contributed by atoms with Crippen LogP contribution in [0.4, 0.5) is 5.69 Å². The summed E-state index contributed by atoms with van der Waals surface area (Å²) in [5.41, 5.74) is 2.85. The predicted octanol–water partition coefficient (Wildman–Crippen LogP) is 3.53.